The van der Waals surface area contributed by atoms with E-state index in [4.69, 9.17) is 37.7 Å². The highest BCUT2D eigenvalue weighted by Crippen LogP contribution is 2.39. The Kier molecular flexibility index (Phi) is 10.4. The van der Waals surface area contributed by atoms with Crippen molar-refractivity contribution in [2.75, 3.05) is 31.6 Å². The van der Waals surface area contributed by atoms with E-state index in [1.54, 1.807) is 28.6 Å². The topological polar surface area (TPSA) is 124 Å². The average molecular weight is 763 g/mol. The first-order valence-corrected chi connectivity index (χ1v) is 18.8. The molecule has 2 aromatic carbocycles. The number of carbonyl (C=O) groups is 3. The Balaban J connectivity index is 1.06. The predicted molar refractivity (Wildman–Crippen MR) is 203 cm³/mol. The van der Waals surface area contributed by atoms with E-state index in [-0.39, 0.29) is 24.6 Å². The van der Waals surface area contributed by atoms with E-state index in [0.29, 0.717) is 62.9 Å². The molecular weight excluding hydrogens is 717 g/mol. The summed E-state index contributed by atoms with van der Waals surface area (Å²) in [6.07, 6.45) is 3.08. The van der Waals surface area contributed by atoms with E-state index in [9.17, 15) is 14.4 Å². The Labute approximate surface area is 319 Å². The molecule has 14 heteroatoms. The van der Waals surface area contributed by atoms with E-state index >= 15 is 0 Å². The van der Waals surface area contributed by atoms with Crippen LogP contribution in [0.15, 0.2) is 36.4 Å². The normalized spacial score (nSPS) is 16.6. The number of rotatable bonds is 7. The molecule has 0 spiro atoms. The van der Waals surface area contributed by atoms with Crippen LogP contribution in [0.2, 0.25) is 10.0 Å². The third-order valence-electron chi connectivity index (χ3n) is 10.3. The largest absolute Gasteiger partial charge is 0.444 e. The van der Waals surface area contributed by atoms with Crippen LogP contribution < -0.4 is 5.32 Å². The van der Waals surface area contributed by atoms with Crippen LogP contribution in [0.3, 0.4) is 0 Å². The molecule has 2 aromatic heterocycles. The first-order valence-electron chi connectivity index (χ1n) is 18.1. The Morgan fingerprint density at radius 2 is 1.49 bits per heavy atom. The number of aromatic nitrogens is 4. The number of Topliss-reactive ketones (excluding diaryl/α,β-unsaturated/α-hetero) is 1. The molecule has 1 fully saturated rings. The summed E-state index contributed by atoms with van der Waals surface area (Å²) in [6.45, 7) is 9.43. The van der Waals surface area contributed by atoms with Crippen LogP contribution in [0.4, 0.5) is 10.5 Å². The number of amides is 2. The highest BCUT2D eigenvalue weighted by atomic mass is 35.5. The SMILES string of the molecule is Cn1c(C(=O)Cc2cccc(-c3cccc(NC(=O)c4nc5c(n4C)CCN(C(=O)OC(C)(C)C)C5)c3Cl)c2Cl)nc2c1CCN(C1CCOCC1)C2. The van der Waals surface area contributed by atoms with Gasteiger partial charge in [0.05, 0.1) is 33.7 Å². The number of hydrogen-bond acceptors (Lipinski definition) is 8. The zero-order valence-corrected chi connectivity index (χ0v) is 32.3. The molecule has 2 amide bonds. The van der Waals surface area contributed by atoms with Crippen molar-refractivity contribution < 1.29 is 23.9 Å². The third-order valence-corrected chi connectivity index (χ3v) is 11.2. The summed E-state index contributed by atoms with van der Waals surface area (Å²) >= 11 is 13.9. The standard InChI is InChI=1S/C39H45Cl2N7O5/c1-39(2,3)53-38(51)48-17-13-31-29(22-48)43-36(46(31)5)37(50)44-27-11-7-10-26(34(27)41)25-9-6-8-23(33(25)40)20-32(49)35-42-28-21-47(16-12-30(28)45(35)4)24-14-18-52-19-15-24/h6-11,24H,12-22H2,1-5H3,(H,44,50). The molecule has 0 unspecified atom stereocenters. The van der Waals surface area contributed by atoms with Gasteiger partial charge in [0.2, 0.25) is 5.78 Å². The maximum Gasteiger partial charge on any atom is 0.410 e. The fraction of sp³-hybridized carbons (Fsp3) is 0.462. The van der Waals surface area contributed by atoms with Crippen LogP contribution in [0.1, 0.15) is 83.2 Å². The zero-order valence-electron chi connectivity index (χ0n) is 30.8. The monoisotopic (exact) mass is 761 g/mol. The molecule has 0 bridgehead atoms. The summed E-state index contributed by atoms with van der Waals surface area (Å²) in [5.74, 6) is 0.0800. The van der Waals surface area contributed by atoms with Gasteiger partial charge in [0.15, 0.2) is 11.6 Å². The summed E-state index contributed by atoms with van der Waals surface area (Å²) in [7, 11) is 3.70. The summed E-state index contributed by atoms with van der Waals surface area (Å²) < 4.78 is 14.8. The van der Waals surface area contributed by atoms with Gasteiger partial charge in [0.25, 0.3) is 5.91 Å². The maximum absolute atomic E-state index is 13.7. The minimum atomic E-state index is -0.615. The molecule has 1 N–H and O–H groups in total. The molecule has 0 radical (unpaired) electrons. The molecule has 4 aromatic rings. The molecule has 53 heavy (non-hydrogen) atoms. The lowest BCUT2D eigenvalue weighted by atomic mass is 9.99. The number of ketones is 1. The minimum absolute atomic E-state index is 0.0727. The first-order chi connectivity index (χ1) is 25.3. The van der Waals surface area contributed by atoms with Crippen molar-refractivity contribution in [3.63, 3.8) is 0 Å². The number of carbonyl (C=O) groups excluding carboxylic acids is 3. The number of nitrogens with one attached hydrogen (secondary N) is 1. The van der Waals surface area contributed by atoms with Gasteiger partial charge in [-0.25, -0.2) is 14.8 Å². The fourth-order valence-corrected chi connectivity index (χ4v) is 8.13. The van der Waals surface area contributed by atoms with Crippen molar-refractivity contribution in [3.05, 3.63) is 86.4 Å². The quantitative estimate of drug-likeness (QED) is 0.208. The molecule has 12 nitrogen and oxygen atoms in total. The second kappa shape index (κ2) is 14.9. The lowest BCUT2D eigenvalue weighted by Gasteiger charge is -2.36. The lowest BCUT2D eigenvalue weighted by molar-refractivity contribution is 0.0220. The first kappa shape index (κ1) is 37.1. The molecule has 1 saturated heterocycles. The Morgan fingerprint density at radius 1 is 0.868 bits per heavy atom. The van der Waals surface area contributed by atoms with Gasteiger partial charge in [-0.3, -0.25) is 14.5 Å². The number of ether oxygens (including phenoxy) is 2. The van der Waals surface area contributed by atoms with Crippen LogP contribution in [0, 0.1) is 0 Å². The fourth-order valence-electron chi connectivity index (χ4n) is 7.56. The van der Waals surface area contributed by atoms with Crippen molar-refractivity contribution in [2.45, 2.75) is 77.6 Å². The van der Waals surface area contributed by atoms with Gasteiger partial charge in [-0.1, -0.05) is 53.5 Å². The number of nitrogens with zero attached hydrogens (tertiary/aromatic N) is 6. The van der Waals surface area contributed by atoms with Crippen molar-refractivity contribution in [3.8, 4) is 11.1 Å². The Morgan fingerprint density at radius 3 is 2.21 bits per heavy atom. The van der Waals surface area contributed by atoms with E-state index in [1.807, 2.05) is 56.7 Å². The van der Waals surface area contributed by atoms with Gasteiger partial charge in [0, 0.05) is 94.8 Å². The molecule has 0 aliphatic carbocycles. The van der Waals surface area contributed by atoms with Crippen molar-refractivity contribution in [2.24, 2.45) is 14.1 Å². The number of imidazole rings is 2. The van der Waals surface area contributed by atoms with Crippen LogP contribution in [0.25, 0.3) is 11.1 Å². The Hall–Kier alpha value is -4.23. The van der Waals surface area contributed by atoms with Crippen molar-refractivity contribution in [1.29, 1.82) is 0 Å². The van der Waals surface area contributed by atoms with Crippen LogP contribution in [-0.2, 0) is 55.9 Å². The van der Waals surface area contributed by atoms with Crippen molar-refractivity contribution >= 4 is 46.7 Å². The number of fused-ring (bicyclic) bond motifs is 2. The van der Waals surface area contributed by atoms with Crippen LogP contribution in [-0.4, -0.2) is 84.6 Å². The summed E-state index contributed by atoms with van der Waals surface area (Å²) in [5.41, 5.74) is 5.28. The van der Waals surface area contributed by atoms with Gasteiger partial charge in [-0.05, 0) is 45.2 Å². The smallest absolute Gasteiger partial charge is 0.410 e. The molecule has 7 rings (SSSR count). The zero-order chi connectivity index (χ0) is 37.6. The van der Waals surface area contributed by atoms with Gasteiger partial charge >= 0.3 is 6.09 Å². The molecule has 0 saturated carbocycles. The molecule has 280 valence electrons. The van der Waals surface area contributed by atoms with E-state index in [2.05, 4.69) is 15.2 Å². The lowest BCUT2D eigenvalue weighted by Crippen LogP contribution is -2.42. The average Bonchev–Trinajstić information content (AvgIpc) is 3.65. The number of anilines is 1. The van der Waals surface area contributed by atoms with E-state index < -0.39 is 17.6 Å². The number of halogens is 2. The molecule has 0 atom stereocenters. The number of hydrogen-bond donors (Lipinski definition) is 1. The summed E-state index contributed by atoms with van der Waals surface area (Å²) in [4.78, 5) is 53.5. The number of benzene rings is 2. The summed E-state index contributed by atoms with van der Waals surface area (Å²) in [6, 6.07) is 11.3. The van der Waals surface area contributed by atoms with Gasteiger partial charge in [-0.15, -0.1) is 0 Å². The predicted octanol–water partition coefficient (Wildman–Crippen LogP) is 6.64. The highest BCUT2D eigenvalue weighted by molar-refractivity contribution is 6.39. The molecule has 3 aliphatic rings. The minimum Gasteiger partial charge on any atom is -0.444 e. The summed E-state index contributed by atoms with van der Waals surface area (Å²) in [5, 5.41) is 3.62. The van der Waals surface area contributed by atoms with Crippen LogP contribution >= 0.6 is 23.2 Å². The van der Waals surface area contributed by atoms with Gasteiger partial charge < -0.3 is 28.8 Å². The second-order valence-electron chi connectivity index (χ2n) is 15.0. The van der Waals surface area contributed by atoms with E-state index in [0.717, 1.165) is 62.6 Å². The van der Waals surface area contributed by atoms with Crippen LogP contribution in [0.5, 0.6) is 0 Å². The molecular formula is C39H45Cl2N7O5. The van der Waals surface area contributed by atoms with Gasteiger partial charge in [0.1, 0.15) is 5.60 Å². The third kappa shape index (κ3) is 7.60. The Bertz CT molecular complexity index is 2080. The highest BCUT2D eigenvalue weighted by Gasteiger charge is 2.32. The van der Waals surface area contributed by atoms with Gasteiger partial charge in [-0.2, -0.15) is 0 Å². The second-order valence-corrected chi connectivity index (χ2v) is 15.7. The maximum atomic E-state index is 13.7. The molecule has 5 heterocycles. The van der Waals surface area contributed by atoms with Crippen molar-refractivity contribution in [1.82, 2.24) is 28.9 Å². The molecule has 3 aliphatic heterocycles. The van der Waals surface area contributed by atoms with E-state index in [1.165, 1.54) is 0 Å².